The maximum Gasteiger partial charge on any atom is 0.190 e. The summed E-state index contributed by atoms with van der Waals surface area (Å²) >= 11 is 0. The molecule has 0 bridgehead atoms. The van der Waals surface area contributed by atoms with Crippen molar-refractivity contribution >= 4 is 29.9 Å². The van der Waals surface area contributed by atoms with Crippen LogP contribution in [-0.4, -0.2) is 81.8 Å². The number of aliphatic imine (C=N–C) groups is 1. The molecule has 0 radical (unpaired) electrons. The highest BCUT2D eigenvalue weighted by Crippen LogP contribution is 2.15. The van der Waals surface area contributed by atoms with Gasteiger partial charge >= 0.3 is 0 Å². The number of rotatable bonds is 11. The molecular weight excluding hydrogens is 489 g/mol. The zero-order valence-corrected chi connectivity index (χ0v) is 21.6. The average Bonchev–Trinajstić information content (AvgIpc) is 2.76. The summed E-state index contributed by atoms with van der Waals surface area (Å²) in [4.78, 5) is 9.45. The Labute approximate surface area is 200 Å². The van der Waals surface area contributed by atoms with Crippen molar-refractivity contribution < 1.29 is 4.74 Å². The SMILES string of the molecule is CCN1CCN(CC(C)CNC(=NC)NCCCOC(C)c2ccccc2)CC1.I. The predicted molar refractivity (Wildman–Crippen MR) is 138 cm³/mol. The summed E-state index contributed by atoms with van der Waals surface area (Å²) in [5.74, 6) is 1.47. The van der Waals surface area contributed by atoms with E-state index in [2.05, 4.69) is 70.5 Å². The van der Waals surface area contributed by atoms with Gasteiger partial charge in [-0.1, -0.05) is 44.2 Å². The molecule has 1 saturated heterocycles. The topological polar surface area (TPSA) is 52.1 Å². The molecule has 1 aliphatic rings. The number of guanidine groups is 1. The van der Waals surface area contributed by atoms with E-state index in [-0.39, 0.29) is 30.1 Å². The van der Waals surface area contributed by atoms with Crippen molar-refractivity contribution in [1.82, 2.24) is 20.4 Å². The molecular formula is C23H42IN5O. The second-order valence-corrected chi connectivity index (χ2v) is 8.00. The van der Waals surface area contributed by atoms with Crippen molar-refractivity contribution in [3.8, 4) is 0 Å². The van der Waals surface area contributed by atoms with E-state index in [1.807, 2.05) is 13.1 Å². The van der Waals surface area contributed by atoms with Crippen molar-refractivity contribution in [3.63, 3.8) is 0 Å². The fourth-order valence-corrected chi connectivity index (χ4v) is 3.64. The summed E-state index contributed by atoms with van der Waals surface area (Å²) in [5, 5.41) is 6.86. The molecule has 0 amide bonds. The Morgan fingerprint density at radius 3 is 2.37 bits per heavy atom. The lowest BCUT2D eigenvalue weighted by Gasteiger charge is -2.35. The van der Waals surface area contributed by atoms with Gasteiger partial charge in [0.05, 0.1) is 6.10 Å². The van der Waals surface area contributed by atoms with Crippen molar-refractivity contribution in [2.24, 2.45) is 10.9 Å². The van der Waals surface area contributed by atoms with E-state index in [1.54, 1.807) is 0 Å². The number of nitrogens with zero attached hydrogens (tertiary/aromatic N) is 3. The Morgan fingerprint density at radius 1 is 1.07 bits per heavy atom. The van der Waals surface area contributed by atoms with Crippen LogP contribution in [0.5, 0.6) is 0 Å². The molecule has 1 fully saturated rings. The lowest BCUT2D eigenvalue weighted by molar-refractivity contribution is 0.0646. The van der Waals surface area contributed by atoms with Crippen molar-refractivity contribution in [3.05, 3.63) is 35.9 Å². The lowest BCUT2D eigenvalue weighted by atomic mass is 10.1. The summed E-state index contributed by atoms with van der Waals surface area (Å²) in [5.41, 5.74) is 1.23. The van der Waals surface area contributed by atoms with E-state index in [9.17, 15) is 0 Å². The predicted octanol–water partition coefficient (Wildman–Crippen LogP) is 3.21. The van der Waals surface area contributed by atoms with E-state index in [0.717, 1.165) is 38.6 Å². The Morgan fingerprint density at radius 2 is 1.73 bits per heavy atom. The first kappa shape index (κ1) is 27.1. The molecule has 1 aliphatic heterocycles. The van der Waals surface area contributed by atoms with Crippen LogP contribution in [0.25, 0.3) is 0 Å². The Bertz CT molecular complexity index is 578. The van der Waals surface area contributed by atoms with Gasteiger partial charge in [0.2, 0.25) is 0 Å². The molecule has 2 rings (SSSR count). The number of likely N-dealkylation sites (N-methyl/N-ethyl adjacent to an activating group) is 1. The standard InChI is InChI=1S/C23H41N5O.HI/c1-5-27-13-15-28(16-14-27)19-20(2)18-26-23(24-4)25-12-9-17-29-21(3)22-10-7-6-8-11-22;/h6-8,10-11,20-21H,5,9,12-19H2,1-4H3,(H2,24,25,26);1H. The van der Waals surface area contributed by atoms with Gasteiger partial charge in [0.1, 0.15) is 0 Å². The Kier molecular flexibility index (Phi) is 14.3. The summed E-state index contributed by atoms with van der Waals surface area (Å²) in [6, 6.07) is 10.4. The van der Waals surface area contributed by atoms with Crippen LogP contribution >= 0.6 is 24.0 Å². The molecule has 0 spiro atoms. The highest BCUT2D eigenvalue weighted by molar-refractivity contribution is 14.0. The normalized spacial score (nSPS) is 17.8. The van der Waals surface area contributed by atoms with Gasteiger partial charge in [-0.15, -0.1) is 24.0 Å². The minimum atomic E-state index is 0. The molecule has 172 valence electrons. The molecule has 2 N–H and O–H groups in total. The summed E-state index contributed by atoms with van der Waals surface area (Å²) in [6.45, 7) is 16.3. The van der Waals surface area contributed by atoms with Crippen molar-refractivity contribution in [2.45, 2.75) is 33.3 Å². The van der Waals surface area contributed by atoms with Gasteiger partial charge in [0.25, 0.3) is 0 Å². The smallest absolute Gasteiger partial charge is 0.190 e. The molecule has 7 heteroatoms. The summed E-state index contributed by atoms with van der Waals surface area (Å²) < 4.78 is 5.93. The van der Waals surface area contributed by atoms with Gasteiger partial charge in [-0.05, 0) is 31.4 Å². The Balaban J connectivity index is 0.00000450. The molecule has 1 heterocycles. The maximum atomic E-state index is 5.93. The largest absolute Gasteiger partial charge is 0.374 e. The molecule has 2 atom stereocenters. The maximum absolute atomic E-state index is 5.93. The molecule has 6 nitrogen and oxygen atoms in total. The fourth-order valence-electron chi connectivity index (χ4n) is 3.64. The van der Waals surface area contributed by atoms with Crippen LogP contribution in [0.2, 0.25) is 0 Å². The first-order valence-electron chi connectivity index (χ1n) is 11.2. The van der Waals surface area contributed by atoms with Gasteiger partial charge < -0.3 is 25.2 Å². The average molecular weight is 532 g/mol. The van der Waals surface area contributed by atoms with E-state index >= 15 is 0 Å². The third-order valence-electron chi connectivity index (χ3n) is 5.57. The van der Waals surface area contributed by atoms with Crippen molar-refractivity contribution in [1.29, 1.82) is 0 Å². The van der Waals surface area contributed by atoms with Gasteiger partial charge in [0.15, 0.2) is 5.96 Å². The summed E-state index contributed by atoms with van der Waals surface area (Å²) in [6.07, 6.45) is 1.09. The monoisotopic (exact) mass is 531 g/mol. The first-order chi connectivity index (χ1) is 14.1. The lowest BCUT2D eigenvalue weighted by Crippen LogP contribution is -2.48. The molecule has 0 aromatic heterocycles. The van der Waals surface area contributed by atoms with Crippen LogP contribution in [-0.2, 0) is 4.74 Å². The zero-order valence-electron chi connectivity index (χ0n) is 19.3. The van der Waals surface area contributed by atoms with Crippen LogP contribution in [0.15, 0.2) is 35.3 Å². The summed E-state index contributed by atoms with van der Waals surface area (Å²) in [7, 11) is 1.83. The van der Waals surface area contributed by atoms with Gasteiger partial charge in [0, 0.05) is 59.5 Å². The van der Waals surface area contributed by atoms with Crippen LogP contribution in [0, 0.1) is 5.92 Å². The van der Waals surface area contributed by atoms with Crippen LogP contribution < -0.4 is 10.6 Å². The second kappa shape index (κ2) is 15.8. The number of halogens is 1. The van der Waals surface area contributed by atoms with Crippen LogP contribution in [0.1, 0.15) is 38.9 Å². The minimum absolute atomic E-state index is 0. The molecule has 1 aromatic rings. The van der Waals surface area contributed by atoms with E-state index in [1.165, 1.54) is 38.3 Å². The molecule has 0 saturated carbocycles. The zero-order chi connectivity index (χ0) is 20.9. The van der Waals surface area contributed by atoms with Gasteiger partial charge in [-0.25, -0.2) is 0 Å². The highest BCUT2D eigenvalue weighted by Gasteiger charge is 2.17. The number of piperazine rings is 1. The molecule has 2 unspecified atom stereocenters. The van der Waals surface area contributed by atoms with E-state index in [0.29, 0.717) is 5.92 Å². The fraction of sp³-hybridized carbons (Fsp3) is 0.696. The molecule has 30 heavy (non-hydrogen) atoms. The number of hydrogen-bond donors (Lipinski definition) is 2. The third kappa shape index (κ3) is 10.4. The van der Waals surface area contributed by atoms with Crippen LogP contribution in [0.4, 0.5) is 0 Å². The number of nitrogens with one attached hydrogen (secondary N) is 2. The van der Waals surface area contributed by atoms with Crippen molar-refractivity contribution in [2.75, 3.05) is 66.0 Å². The van der Waals surface area contributed by atoms with Gasteiger partial charge in [-0.3, -0.25) is 4.99 Å². The van der Waals surface area contributed by atoms with Crippen LogP contribution in [0.3, 0.4) is 0 Å². The third-order valence-corrected chi connectivity index (χ3v) is 5.57. The van der Waals surface area contributed by atoms with Gasteiger partial charge in [-0.2, -0.15) is 0 Å². The Hall–Kier alpha value is -0.900. The van der Waals surface area contributed by atoms with E-state index in [4.69, 9.17) is 4.74 Å². The molecule has 0 aliphatic carbocycles. The number of ether oxygens (including phenoxy) is 1. The first-order valence-corrected chi connectivity index (χ1v) is 11.2. The van der Waals surface area contributed by atoms with E-state index < -0.39 is 0 Å². The molecule has 1 aromatic carbocycles. The number of benzene rings is 1. The second-order valence-electron chi connectivity index (χ2n) is 8.00. The quantitative estimate of drug-likeness (QED) is 0.199. The number of hydrogen-bond acceptors (Lipinski definition) is 4. The minimum Gasteiger partial charge on any atom is -0.374 e. The highest BCUT2D eigenvalue weighted by atomic mass is 127.